The van der Waals surface area contributed by atoms with Crippen LogP contribution < -0.4 is 10.6 Å². The normalized spacial score (nSPS) is 10.6. The second kappa shape index (κ2) is 8.41. The number of anilines is 2. The number of hydrogen-bond donors (Lipinski definition) is 2. The van der Waals surface area contributed by atoms with Crippen molar-refractivity contribution in [3.05, 3.63) is 68.4 Å². The lowest BCUT2D eigenvalue weighted by Gasteiger charge is -2.09. The molecule has 1 aromatic heterocycles. The molecule has 3 rings (SSSR count). The van der Waals surface area contributed by atoms with Crippen LogP contribution in [-0.2, 0) is 6.54 Å². The van der Waals surface area contributed by atoms with Gasteiger partial charge in [-0.25, -0.2) is 9.67 Å². The first-order chi connectivity index (χ1) is 12.4. The maximum absolute atomic E-state index is 6.17. The molecule has 5 nitrogen and oxygen atoms in total. The first kappa shape index (κ1) is 19.2. The molecule has 0 radical (unpaired) electrons. The van der Waals surface area contributed by atoms with E-state index in [2.05, 4.69) is 20.7 Å². The van der Waals surface area contributed by atoms with Crippen LogP contribution in [0.3, 0.4) is 0 Å². The summed E-state index contributed by atoms with van der Waals surface area (Å²) in [4.78, 5) is 4.17. The summed E-state index contributed by atoms with van der Waals surface area (Å²) in [6.45, 7) is 0.453. The molecule has 0 atom stereocenters. The molecule has 0 saturated heterocycles. The summed E-state index contributed by atoms with van der Waals surface area (Å²) in [7, 11) is 0. The van der Waals surface area contributed by atoms with Crippen LogP contribution in [-0.4, -0.2) is 19.9 Å². The predicted octanol–water partition coefficient (Wildman–Crippen LogP) is 5.75. The molecule has 0 aliphatic heterocycles. The second-order valence-corrected chi connectivity index (χ2v) is 7.36. The number of nitrogens with one attached hydrogen (secondary N) is 2. The van der Waals surface area contributed by atoms with Crippen molar-refractivity contribution in [2.75, 3.05) is 10.6 Å². The average Bonchev–Trinajstić information content (AvgIpc) is 2.96. The van der Waals surface area contributed by atoms with Crippen molar-refractivity contribution in [1.82, 2.24) is 14.8 Å². The van der Waals surface area contributed by atoms with Crippen molar-refractivity contribution >= 4 is 75.4 Å². The predicted molar refractivity (Wildman–Crippen MR) is 112 cm³/mol. The van der Waals surface area contributed by atoms with Crippen molar-refractivity contribution in [3.63, 3.8) is 0 Å². The Hall–Kier alpha value is -1.57. The molecule has 0 aliphatic carbocycles. The van der Waals surface area contributed by atoms with Gasteiger partial charge in [0.05, 0.1) is 6.54 Å². The Morgan fingerprint density at radius 1 is 0.962 bits per heavy atom. The minimum atomic E-state index is 0.311. The number of thiocarbonyl (C=S) groups is 1. The van der Waals surface area contributed by atoms with Crippen LogP contribution in [0.5, 0.6) is 0 Å². The summed E-state index contributed by atoms with van der Waals surface area (Å²) < 4.78 is 1.64. The highest BCUT2D eigenvalue weighted by Crippen LogP contribution is 2.23. The fraction of sp³-hybridized carbons (Fsp3) is 0.0625. The largest absolute Gasteiger partial charge is 0.332 e. The van der Waals surface area contributed by atoms with E-state index in [1.165, 1.54) is 0 Å². The summed E-state index contributed by atoms with van der Waals surface area (Å²) in [6.07, 6.45) is 1.58. The zero-order chi connectivity index (χ0) is 18.7. The molecule has 2 N–H and O–H groups in total. The molecule has 2 aromatic carbocycles. The number of nitrogens with zero attached hydrogens (tertiary/aromatic N) is 3. The highest BCUT2D eigenvalue weighted by molar-refractivity contribution is 7.80. The molecule has 0 saturated carbocycles. The molecule has 10 heteroatoms. The molecule has 0 aliphatic rings. The summed E-state index contributed by atoms with van der Waals surface area (Å²) in [5, 5.41) is 12.6. The van der Waals surface area contributed by atoms with E-state index in [1.54, 1.807) is 41.3 Å². The number of rotatable bonds is 4. The van der Waals surface area contributed by atoms with Crippen LogP contribution in [0.25, 0.3) is 0 Å². The fourth-order valence-corrected chi connectivity index (χ4v) is 3.35. The van der Waals surface area contributed by atoms with Crippen LogP contribution in [0.15, 0.2) is 42.7 Å². The van der Waals surface area contributed by atoms with E-state index in [9.17, 15) is 0 Å². The minimum Gasteiger partial charge on any atom is -0.332 e. The third kappa shape index (κ3) is 5.22. The Kier molecular flexibility index (Phi) is 6.21. The van der Waals surface area contributed by atoms with E-state index in [0.29, 0.717) is 43.4 Å². The molecule has 26 heavy (non-hydrogen) atoms. The van der Waals surface area contributed by atoms with Gasteiger partial charge in [0.15, 0.2) is 5.11 Å². The highest BCUT2D eigenvalue weighted by Gasteiger charge is 2.07. The summed E-state index contributed by atoms with van der Waals surface area (Å²) in [5.41, 5.74) is 1.54. The van der Waals surface area contributed by atoms with Crippen LogP contribution in [0, 0.1) is 0 Å². The van der Waals surface area contributed by atoms with Crippen molar-refractivity contribution in [2.45, 2.75) is 6.54 Å². The first-order valence-electron chi connectivity index (χ1n) is 7.26. The standard InChI is InChI=1S/C16H11Cl4N5S/c17-10-2-1-9(14(20)6-10)7-25-8-21-15(24-25)23-16(26)22-13-4-11(18)3-12(19)5-13/h1-6,8H,7H2,(H2,22,23,24,26). The highest BCUT2D eigenvalue weighted by atomic mass is 35.5. The summed E-state index contributed by atoms with van der Waals surface area (Å²) >= 11 is 29.2. The maximum Gasteiger partial charge on any atom is 0.248 e. The van der Waals surface area contributed by atoms with E-state index in [1.807, 2.05) is 6.07 Å². The Morgan fingerprint density at radius 2 is 1.69 bits per heavy atom. The van der Waals surface area contributed by atoms with Gasteiger partial charge >= 0.3 is 0 Å². The molecule has 134 valence electrons. The number of hydrogen-bond acceptors (Lipinski definition) is 3. The lowest BCUT2D eigenvalue weighted by molar-refractivity contribution is 0.687. The smallest absolute Gasteiger partial charge is 0.248 e. The summed E-state index contributed by atoms with van der Waals surface area (Å²) in [6, 6.07) is 10.3. The maximum atomic E-state index is 6.17. The lowest BCUT2D eigenvalue weighted by atomic mass is 10.2. The van der Waals surface area contributed by atoms with Gasteiger partial charge in [0.1, 0.15) is 6.33 Å². The van der Waals surface area contributed by atoms with Gasteiger partial charge in [-0.05, 0) is 48.1 Å². The molecule has 0 fully saturated rings. The van der Waals surface area contributed by atoms with Crippen LogP contribution in [0.1, 0.15) is 5.56 Å². The zero-order valence-corrected chi connectivity index (χ0v) is 16.9. The number of benzene rings is 2. The Morgan fingerprint density at radius 3 is 2.38 bits per heavy atom. The van der Waals surface area contributed by atoms with Gasteiger partial charge in [-0.15, -0.1) is 5.10 Å². The summed E-state index contributed by atoms with van der Waals surface area (Å²) in [5.74, 6) is 0.348. The van der Waals surface area contributed by atoms with Gasteiger partial charge in [0, 0.05) is 25.8 Å². The van der Waals surface area contributed by atoms with E-state index in [-0.39, 0.29) is 0 Å². The topological polar surface area (TPSA) is 54.8 Å². The fourth-order valence-electron chi connectivity index (χ4n) is 2.14. The van der Waals surface area contributed by atoms with Crippen molar-refractivity contribution in [1.29, 1.82) is 0 Å². The minimum absolute atomic E-state index is 0.311. The van der Waals surface area contributed by atoms with Crippen molar-refractivity contribution in [3.8, 4) is 0 Å². The number of aromatic nitrogens is 3. The van der Waals surface area contributed by atoms with Gasteiger partial charge in [-0.1, -0.05) is 52.5 Å². The number of halogens is 4. The van der Waals surface area contributed by atoms with Gasteiger partial charge in [0.25, 0.3) is 0 Å². The van der Waals surface area contributed by atoms with E-state index >= 15 is 0 Å². The van der Waals surface area contributed by atoms with E-state index < -0.39 is 0 Å². The third-order valence-corrected chi connectivity index (χ3v) is 4.46. The SMILES string of the molecule is S=C(Nc1cc(Cl)cc(Cl)c1)Nc1ncn(Cc2ccc(Cl)cc2Cl)n1. The van der Waals surface area contributed by atoms with E-state index in [0.717, 1.165) is 5.56 Å². The lowest BCUT2D eigenvalue weighted by Crippen LogP contribution is -2.20. The van der Waals surface area contributed by atoms with Gasteiger partial charge in [-0.3, -0.25) is 5.32 Å². The van der Waals surface area contributed by atoms with Gasteiger partial charge in [0.2, 0.25) is 5.95 Å². The Labute approximate surface area is 175 Å². The first-order valence-corrected chi connectivity index (χ1v) is 9.18. The molecule has 1 heterocycles. The van der Waals surface area contributed by atoms with Crippen molar-refractivity contribution < 1.29 is 0 Å². The third-order valence-electron chi connectivity index (χ3n) is 3.23. The second-order valence-electron chi connectivity index (χ2n) is 5.24. The van der Waals surface area contributed by atoms with Crippen molar-refractivity contribution in [2.24, 2.45) is 0 Å². The van der Waals surface area contributed by atoms with Gasteiger partial charge in [-0.2, -0.15) is 0 Å². The molecule has 0 bridgehead atoms. The monoisotopic (exact) mass is 445 g/mol. The molecule has 0 amide bonds. The van der Waals surface area contributed by atoms with Crippen LogP contribution in [0.4, 0.5) is 11.6 Å². The molecule has 3 aromatic rings. The van der Waals surface area contributed by atoms with E-state index in [4.69, 9.17) is 58.6 Å². The quantitative estimate of drug-likeness (QED) is 0.499. The average molecular weight is 447 g/mol. The molecular formula is C16H11Cl4N5S. The Balaban J connectivity index is 1.63. The molecular weight excluding hydrogens is 436 g/mol. The molecule has 0 spiro atoms. The zero-order valence-electron chi connectivity index (χ0n) is 13.0. The van der Waals surface area contributed by atoms with Crippen LogP contribution >= 0.6 is 58.6 Å². The Bertz CT molecular complexity index is 939. The molecule has 0 unspecified atom stereocenters. The van der Waals surface area contributed by atoms with Crippen LogP contribution in [0.2, 0.25) is 20.1 Å². The van der Waals surface area contributed by atoms with Gasteiger partial charge < -0.3 is 5.32 Å².